The van der Waals surface area contributed by atoms with Gasteiger partial charge < -0.3 is 9.88 Å². The van der Waals surface area contributed by atoms with E-state index < -0.39 is 0 Å². The molecule has 0 bridgehead atoms. The Morgan fingerprint density at radius 3 is 2.83 bits per heavy atom. The molecular formula is C19H16N4O. The number of amides is 1. The van der Waals surface area contributed by atoms with Crippen molar-refractivity contribution >= 4 is 28.6 Å². The molecule has 0 aliphatic carbocycles. The van der Waals surface area contributed by atoms with Crippen molar-refractivity contribution in [1.29, 1.82) is 5.26 Å². The van der Waals surface area contributed by atoms with E-state index in [2.05, 4.69) is 16.4 Å². The van der Waals surface area contributed by atoms with Crippen LogP contribution in [0.2, 0.25) is 0 Å². The van der Waals surface area contributed by atoms with Crippen LogP contribution in [0, 0.1) is 11.3 Å². The molecule has 0 radical (unpaired) electrons. The number of nitrogens with zero attached hydrogens (tertiary/aromatic N) is 3. The Morgan fingerprint density at radius 2 is 2.04 bits per heavy atom. The average molecular weight is 316 g/mol. The molecule has 0 saturated carbocycles. The predicted molar refractivity (Wildman–Crippen MR) is 94.1 cm³/mol. The molecule has 0 saturated heterocycles. The molecule has 1 amide bonds. The minimum Gasteiger partial charge on any atom is -0.346 e. The predicted octanol–water partition coefficient (Wildman–Crippen LogP) is 3.60. The van der Waals surface area contributed by atoms with Crippen LogP contribution in [0.15, 0.2) is 61.1 Å². The van der Waals surface area contributed by atoms with Crippen LogP contribution in [0.25, 0.3) is 17.0 Å². The summed E-state index contributed by atoms with van der Waals surface area (Å²) in [4.78, 5) is 15.9. The highest BCUT2D eigenvalue weighted by Gasteiger charge is 2.06. The van der Waals surface area contributed by atoms with Crippen LogP contribution in [0.5, 0.6) is 0 Å². The van der Waals surface area contributed by atoms with Gasteiger partial charge in [-0.05, 0) is 24.3 Å². The zero-order valence-corrected chi connectivity index (χ0v) is 13.0. The molecule has 5 heteroatoms. The monoisotopic (exact) mass is 316 g/mol. The maximum Gasteiger partial charge on any atom is 0.248 e. The Bertz CT molecular complexity index is 919. The van der Waals surface area contributed by atoms with E-state index in [0.717, 1.165) is 16.5 Å². The minimum absolute atomic E-state index is 0.199. The van der Waals surface area contributed by atoms with Gasteiger partial charge in [0.05, 0.1) is 12.5 Å². The highest BCUT2D eigenvalue weighted by molar-refractivity contribution is 6.03. The molecule has 1 aromatic carbocycles. The number of fused-ring (bicyclic) bond motifs is 1. The van der Waals surface area contributed by atoms with Gasteiger partial charge in [0.25, 0.3) is 0 Å². The van der Waals surface area contributed by atoms with Crippen molar-refractivity contribution in [2.45, 2.75) is 13.0 Å². The Morgan fingerprint density at radius 1 is 1.25 bits per heavy atom. The van der Waals surface area contributed by atoms with Crippen molar-refractivity contribution in [3.8, 4) is 6.07 Å². The first-order chi connectivity index (χ1) is 11.8. The van der Waals surface area contributed by atoms with Crippen LogP contribution in [0.4, 0.5) is 5.69 Å². The summed E-state index contributed by atoms with van der Waals surface area (Å²) in [6, 6.07) is 13.6. The number of nitrogens with one attached hydrogen (secondary N) is 1. The van der Waals surface area contributed by atoms with Crippen molar-refractivity contribution in [3.05, 3.63) is 66.6 Å². The van der Waals surface area contributed by atoms with Crippen molar-refractivity contribution in [2.24, 2.45) is 0 Å². The number of carbonyl (C=O) groups excluding carboxylic acids is 1. The lowest BCUT2D eigenvalue weighted by molar-refractivity contribution is -0.111. The maximum absolute atomic E-state index is 12.0. The van der Waals surface area contributed by atoms with E-state index in [1.54, 1.807) is 30.6 Å². The van der Waals surface area contributed by atoms with E-state index in [9.17, 15) is 4.79 Å². The van der Waals surface area contributed by atoms with E-state index >= 15 is 0 Å². The van der Waals surface area contributed by atoms with Crippen molar-refractivity contribution in [1.82, 2.24) is 9.55 Å². The van der Waals surface area contributed by atoms with E-state index in [1.165, 1.54) is 6.08 Å². The number of para-hydroxylation sites is 1. The fourth-order valence-corrected chi connectivity index (χ4v) is 2.55. The van der Waals surface area contributed by atoms with Gasteiger partial charge in [0.2, 0.25) is 5.91 Å². The summed E-state index contributed by atoms with van der Waals surface area (Å²) < 4.78 is 2.04. The lowest BCUT2D eigenvalue weighted by Crippen LogP contribution is -2.07. The highest BCUT2D eigenvalue weighted by atomic mass is 16.1. The first-order valence-electron chi connectivity index (χ1n) is 7.62. The Hall–Kier alpha value is -3.39. The summed E-state index contributed by atoms with van der Waals surface area (Å²) in [5, 5.41) is 12.6. The fourth-order valence-electron chi connectivity index (χ4n) is 2.55. The van der Waals surface area contributed by atoms with Crippen molar-refractivity contribution in [2.75, 3.05) is 5.32 Å². The standard InChI is InChI=1S/C19H16N4O/c20-10-3-13-23-14-15(17-4-1-2-5-18(17)23)6-7-19(24)22-16-8-11-21-12-9-16/h1-2,4-9,11-12,14H,3,13H2,(H,21,22,24)/b7-6+. The molecular weight excluding hydrogens is 300 g/mol. The van der Waals surface area contributed by atoms with Crippen molar-refractivity contribution < 1.29 is 4.79 Å². The van der Waals surface area contributed by atoms with Crippen LogP contribution in [-0.4, -0.2) is 15.5 Å². The van der Waals surface area contributed by atoms with Gasteiger partial charge in [-0.25, -0.2) is 0 Å². The molecule has 0 spiro atoms. The lowest BCUT2D eigenvalue weighted by atomic mass is 10.1. The van der Waals surface area contributed by atoms with E-state index in [1.807, 2.05) is 35.0 Å². The van der Waals surface area contributed by atoms with Gasteiger partial charge in [0.15, 0.2) is 0 Å². The minimum atomic E-state index is -0.199. The van der Waals surface area contributed by atoms with Crippen LogP contribution in [0.3, 0.4) is 0 Å². The first kappa shape index (κ1) is 15.5. The topological polar surface area (TPSA) is 70.7 Å². The van der Waals surface area contributed by atoms with Crippen LogP contribution >= 0.6 is 0 Å². The molecule has 24 heavy (non-hydrogen) atoms. The molecule has 2 aromatic heterocycles. The molecule has 3 aromatic rings. The molecule has 0 unspecified atom stereocenters. The third kappa shape index (κ3) is 3.50. The second-order valence-electron chi connectivity index (χ2n) is 5.26. The summed E-state index contributed by atoms with van der Waals surface area (Å²) in [5.41, 5.74) is 2.71. The average Bonchev–Trinajstić information content (AvgIpc) is 2.97. The number of nitriles is 1. The fraction of sp³-hybridized carbons (Fsp3) is 0.105. The highest BCUT2D eigenvalue weighted by Crippen LogP contribution is 2.22. The van der Waals surface area contributed by atoms with Gasteiger partial charge >= 0.3 is 0 Å². The summed E-state index contributed by atoms with van der Waals surface area (Å²) in [5.74, 6) is -0.199. The van der Waals surface area contributed by atoms with Gasteiger partial charge in [-0.1, -0.05) is 18.2 Å². The van der Waals surface area contributed by atoms with E-state index in [-0.39, 0.29) is 5.91 Å². The number of benzene rings is 1. The molecule has 2 heterocycles. The number of carbonyl (C=O) groups is 1. The molecule has 118 valence electrons. The van der Waals surface area contributed by atoms with Gasteiger partial charge in [-0.2, -0.15) is 5.26 Å². The zero-order chi connectivity index (χ0) is 16.8. The number of hydrogen-bond acceptors (Lipinski definition) is 3. The second-order valence-corrected chi connectivity index (χ2v) is 5.26. The van der Waals surface area contributed by atoms with E-state index in [0.29, 0.717) is 18.7 Å². The van der Waals surface area contributed by atoms with Gasteiger partial charge in [0.1, 0.15) is 0 Å². The summed E-state index contributed by atoms with van der Waals surface area (Å²) in [7, 11) is 0. The number of aryl methyl sites for hydroxylation is 1. The molecule has 0 aliphatic heterocycles. The molecule has 3 rings (SSSR count). The number of rotatable bonds is 5. The third-order valence-corrected chi connectivity index (χ3v) is 3.65. The molecule has 0 atom stereocenters. The molecule has 0 aliphatic rings. The number of anilines is 1. The Balaban J connectivity index is 1.81. The smallest absolute Gasteiger partial charge is 0.248 e. The van der Waals surface area contributed by atoms with Gasteiger partial charge in [0, 0.05) is 53.4 Å². The summed E-state index contributed by atoms with van der Waals surface area (Å²) >= 11 is 0. The second kappa shape index (κ2) is 7.25. The van der Waals surface area contributed by atoms with Gasteiger partial charge in [-0.3, -0.25) is 9.78 Å². The number of aromatic nitrogens is 2. The third-order valence-electron chi connectivity index (χ3n) is 3.65. The molecule has 1 N–H and O–H groups in total. The van der Waals surface area contributed by atoms with Crippen molar-refractivity contribution in [3.63, 3.8) is 0 Å². The summed E-state index contributed by atoms with van der Waals surface area (Å²) in [6.45, 7) is 0.633. The quantitative estimate of drug-likeness (QED) is 0.731. The maximum atomic E-state index is 12.0. The molecule has 5 nitrogen and oxygen atoms in total. The normalized spacial score (nSPS) is 10.8. The largest absolute Gasteiger partial charge is 0.346 e. The molecule has 0 fully saturated rings. The number of pyridine rings is 1. The Labute approximate surface area is 139 Å². The SMILES string of the molecule is N#CCCn1cc(/C=C/C(=O)Nc2ccncc2)c2ccccc21. The lowest BCUT2D eigenvalue weighted by Gasteiger charge is -2.00. The van der Waals surface area contributed by atoms with Crippen LogP contribution < -0.4 is 5.32 Å². The van der Waals surface area contributed by atoms with Crippen LogP contribution in [-0.2, 0) is 11.3 Å². The zero-order valence-electron chi connectivity index (χ0n) is 13.0. The first-order valence-corrected chi connectivity index (χ1v) is 7.62. The van der Waals surface area contributed by atoms with Gasteiger partial charge in [-0.15, -0.1) is 0 Å². The van der Waals surface area contributed by atoms with Crippen LogP contribution in [0.1, 0.15) is 12.0 Å². The van der Waals surface area contributed by atoms with E-state index in [4.69, 9.17) is 5.26 Å². The summed E-state index contributed by atoms with van der Waals surface area (Å²) in [6.07, 6.45) is 8.98. The Kier molecular flexibility index (Phi) is 4.68. The number of hydrogen-bond donors (Lipinski definition) is 1.